The normalized spacial score (nSPS) is 16.6. The summed E-state index contributed by atoms with van der Waals surface area (Å²) >= 11 is 0. The number of nitrogens with zero attached hydrogens (tertiary/aromatic N) is 1. The molecule has 0 atom stereocenters. The Balaban J connectivity index is 2.33. The van der Waals surface area contributed by atoms with E-state index >= 15 is 0 Å². The molecule has 1 aliphatic rings. The van der Waals surface area contributed by atoms with Crippen molar-refractivity contribution >= 4 is 11.5 Å². The van der Waals surface area contributed by atoms with Gasteiger partial charge in [0.25, 0.3) is 0 Å². The molecule has 2 nitrogen and oxygen atoms in total. The third kappa shape index (κ3) is 2.36. The number of halogens is 5. The minimum atomic E-state index is -2.16. The van der Waals surface area contributed by atoms with Gasteiger partial charge in [0.1, 0.15) is 11.5 Å². The number of hydrogen-bond acceptors (Lipinski definition) is 2. The highest BCUT2D eigenvalue weighted by molar-refractivity contribution is 5.78. The Morgan fingerprint density at radius 2 is 1.30 bits per heavy atom. The Hall–Kier alpha value is -1.66. The van der Waals surface area contributed by atoms with Crippen LogP contribution in [0.2, 0.25) is 0 Å². The van der Waals surface area contributed by atoms with Gasteiger partial charge < -0.3 is 4.90 Å². The number of piperidine rings is 1. The first-order chi connectivity index (χ1) is 9.34. The first-order valence-corrected chi connectivity index (χ1v) is 6.11. The fourth-order valence-corrected chi connectivity index (χ4v) is 2.38. The molecule has 0 aromatic heterocycles. The van der Waals surface area contributed by atoms with Gasteiger partial charge >= 0.3 is 0 Å². The molecule has 0 N–H and O–H groups in total. The molecule has 0 spiro atoms. The lowest BCUT2D eigenvalue weighted by Crippen LogP contribution is -2.37. The van der Waals surface area contributed by atoms with Gasteiger partial charge in [-0.25, -0.2) is 22.0 Å². The third-order valence-corrected chi connectivity index (χ3v) is 3.57. The van der Waals surface area contributed by atoms with Crippen molar-refractivity contribution in [2.24, 2.45) is 5.92 Å². The highest BCUT2D eigenvalue weighted by Gasteiger charge is 2.31. The average Bonchev–Trinajstić information content (AvgIpc) is 2.44. The van der Waals surface area contributed by atoms with E-state index in [9.17, 15) is 26.7 Å². The third-order valence-electron chi connectivity index (χ3n) is 3.57. The molecule has 0 amide bonds. The van der Waals surface area contributed by atoms with E-state index in [4.69, 9.17) is 0 Å². The fourth-order valence-electron chi connectivity index (χ4n) is 2.38. The predicted octanol–water partition coefficient (Wildman–Crippen LogP) is 3.19. The molecule has 0 unspecified atom stereocenters. The van der Waals surface area contributed by atoms with E-state index in [1.807, 2.05) is 0 Å². The topological polar surface area (TPSA) is 20.3 Å². The van der Waals surface area contributed by atoms with Gasteiger partial charge in [-0.2, -0.15) is 0 Å². The Labute approximate surface area is 112 Å². The maximum atomic E-state index is 13.6. The van der Waals surface area contributed by atoms with E-state index in [-0.39, 0.29) is 24.8 Å². The standard InChI is InChI=1S/C13H12F5NO/c1-6(20)7-2-4-19(5-3-7)13-11(17)9(15)8(14)10(16)12(13)18/h7H,2-5H2,1H3. The maximum Gasteiger partial charge on any atom is 0.200 e. The van der Waals surface area contributed by atoms with E-state index in [0.717, 1.165) is 4.90 Å². The van der Waals surface area contributed by atoms with E-state index in [2.05, 4.69) is 0 Å². The van der Waals surface area contributed by atoms with Crippen LogP contribution in [-0.4, -0.2) is 18.9 Å². The molecule has 1 fully saturated rings. The van der Waals surface area contributed by atoms with E-state index in [1.54, 1.807) is 0 Å². The van der Waals surface area contributed by atoms with Crippen molar-refractivity contribution in [3.8, 4) is 0 Å². The van der Waals surface area contributed by atoms with Crippen LogP contribution in [0, 0.1) is 35.0 Å². The van der Waals surface area contributed by atoms with Crippen molar-refractivity contribution in [2.75, 3.05) is 18.0 Å². The Kier molecular flexibility index (Phi) is 3.96. The Morgan fingerprint density at radius 1 is 0.900 bits per heavy atom. The lowest BCUT2D eigenvalue weighted by molar-refractivity contribution is -0.121. The zero-order chi connectivity index (χ0) is 15.0. The molecule has 0 saturated carbocycles. The molecular formula is C13H12F5NO. The minimum absolute atomic E-state index is 0.0398. The van der Waals surface area contributed by atoms with Crippen molar-refractivity contribution in [1.29, 1.82) is 0 Å². The van der Waals surface area contributed by atoms with Crippen LogP contribution < -0.4 is 4.90 Å². The van der Waals surface area contributed by atoms with Crippen LogP contribution >= 0.6 is 0 Å². The quantitative estimate of drug-likeness (QED) is 0.474. The van der Waals surface area contributed by atoms with Gasteiger partial charge in [0, 0.05) is 19.0 Å². The summed E-state index contributed by atoms with van der Waals surface area (Å²) in [7, 11) is 0. The molecule has 1 aromatic carbocycles. The van der Waals surface area contributed by atoms with Crippen LogP contribution in [-0.2, 0) is 4.79 Å². The molecule has 0 radical (unpaired) electrons. The summed E-state index contributed by atoms with van der Waals surface area (Å²) in [6, 6.07) is 0. The molecule has 1 heterocycles. The molecule has 0 aliphatic carbocycles. The smallest absolute Gasteiger partial charge is 0.200 e. The van der Waals surface area contributed by atoms with Crippen LogP contribution in [0.4, 0.5) is 27.6 Å². The minimum Gasteiger partial charge on any atom is -0.367 e. The van der Waals surface area contributed by atoms with Gasteiger partial charge in [-0.05, 0) is 19.8 Å². The Morgan fingerprint density at radius 3 is 1.70 bits per heavy atom. The van der Waals surface area contributed by atoms with Crippen molar-refractivity contribution < 1.29 is 26.7 Å². The van der Waals surface area contributed by atoms with Gasteiger partial charge in [0.05, 0.1) is 0 Å². The Bertz CT molecular complexity index is 523. The van der Waals surface area contributed by atoms with Crippen LogP contribution in [0.15, 0.2) is 0 Å². The number of carbonyl (C=O) groups is 1. The molecular weight excluding hydrogens is 281 g/mol. The zero-order valence-electron chi connectivity index (χ0n) is 10.7. The molecule has 7 heteroatoms. The van der Waals surface area contributed by atoms with E-state index in [1.165, 1.54) is 6.92 Å². The maximum absolute atomic E-state index is 13.6. The first kappa shape index (κ1) is 14.7. The van der Waals surface area contributed by atoms with Crippen LogP contribution in [0.25, 0.3) is 0 Å². The number of anilines is 1. The number of benzene rings is 1. The summed E-state index contributed by atoms with van der Waals surface area (Å²) in [5.41, 5.74) is -0.914. The zero-order valence-corrected chi connectivity index (χ0v) is 10.7. The van der Waals surface area contributed by atoms with Crippen LogP contribution in [0.1, 0.15) is 19.8 Å². The van der Waals surface area contributed by atoms with Gasteiger partial charge in [-0.1, -0.05) is 0 Å². The van der Waals surface area contributed by atoms with Crippen molar-refractivity contribution in [2.45, 2.75) is 19.8 Å². The summed E-state index contributed by atoms with van der Waals surface area (Å²) in [6.45, 7) is 1.56. The molecule has 1 aromatic rings. The van der Waals surface area contributed by atoms with Gasteiger partial charge in [0.2, 0.25) is 5.82 Å². The summed E-state index contributed by atoms with van der Waals surface area (Å²) in [5.74, 6) is -10.00. The average molecular weight is 293 g/mol. The second-order valence-corrected chi connectivity index (χ2v) is 4.79. The van der Waals surface area contributed by atoms with Gasteiger partial charge in [-0.3, -0.25) is 4.79 Å². The number of carbonyl (C=O) groups excluding carboxylic acids is 1. The lowest BCUT2D eigenvalue weighted by atomic mass is 9.93. The summed E-state index contributed by atoms with van der Waals surface area (Å²) < 4.78 is 66.4. The second-order valence-electron chi connectivity index (χ2n) is 4.79. The summed E-state index contributed by atoms with van der Waals surface area (Å²) in [6.07, 6.45) is 0.656. The SMILES string of the molecule is CC(=O)C1CCN(c2c(F)c(F)c(F)c(F)c2F)CC1. The molecule has 2 rings (SSSR count). The fraction of sp³-hybridized carbons (Fsp3) is 0.462. The highest BCUT2D eigenvalue weighted by atomic mass is 19.2. The van der Waals surface area contributed by atoms with Gasteiger partial charge in [-0.15, -0.1) is 0 Å². The van der Waals surface area contributed by atoms with Crippen LogP contribution in [0.3, 0.4) is 0 Å². The molecule has 0 bridgehead atoms. The molecule has 110 valence electrons. The largest absolute Gasteiger partial charge is 0.367 e. The molecule has 1 aliphatic heterocycles. The first-order valence-electron chi connectivity index (χ1n) is 6.11. The monoisotopic (exact) mass is 293 g/mol. The van der Waals surface area contributed by atoms with Gasteiger partial charge in [0.15, 0.2) is 23.3 Å². The predicted molar refractivity (Wildman–Crippen MR) is 61.9 cm³/mol. The number of hydrogen-bond donors (Lipinski definition) is 0. The van der Waals surface area contributed by atoms with Crippen molar-refractivity contribution in [3.05, 3.63) is 29.1 Å². The second kappa shape index (κ2) is 5.38. The highest BCUT2D eigenvalue weighted by Crippen LogP contribution is 2.32. The molecule has 1 saturated heterocycles. The number of ketones is 1. The van der Waals surface area contributed by atoms with Crippen molar-refractivity contribution in [3.63, 3.8) is 0 Å². The number of Topliss-reactive ketones (excluding diaryl/α,β-unsaturated/α-hetero) is 1. The van der Waals surface area contributed by atoms with Crippen LogP contribution in [0.5, 0.6) is 0 Å². The van der Waals surface area contributed by atoms with E-state index < -0.39 is 34.8 Å². The lowest BCUT2D eigenvalue weighted by Gasteiger charge is -2.33. The molecule has 20 heavy (non-hydrogen) atoms. The van der Waals surface area contributed by atoms with Crippen molar-refractivity contribution in [1.82, 2.24) is 0 Å². The van der Waals surface area contributed by atoms with E-state index in [0.29, 0.717) is 12.8 Å². The summed E-state index contributed by atoms with van der Waals surface area (Å²) in [4.78, 5) is 12.3. The summed E-state index contributed by atoms with van der Waals surface area (Å²) in [5, 5.41) is 0. The number of rotatable bonds is 2.